The van der Waals surface area contributed by atoms with Gasteiger partial charge >= 0.3 is 0 Å². The SMILES string of the molecule is COCCN=C(N)NCCc1csc(N2CCCC2)n1.I. The zero-order chi connectivity index (χ0) is 14.2. The predicted octanol–water partition coefficient (Wildman–Crippen LogP) is 1.45. The van der Waals surface area contributed by atoms with E-state index in [9.17, 15) is 0 Å². The van der Waals surface area contributed by atoms with E-state index in [1.54, 1.807) is 18.4 Å². The molecule has 0 atom stereocenters. The molecule has 0 unspecified atom stereocenters. The lowest BCUT2D eigenvalue weighted by Gasteiger charge is -2.12. The Balaban J connectivity index is 0.00000220. The van der Waals surface area contributed by atoms with E-state index in [2.05, 4.69) is 25.6 Å². The van der Waals surface area contributed by atoms with E-state index in [0.29, 0.717) is 19.1 Å². The highest BCUT2D eigenvalue weighted by molar-refractivity contribution is 14.0. The van der Waals surface area contributed by atoms with Crippen LogP contribution in [0.25, 0.3) is 0 Å². The number of nitrogens with two attached hydrogens (primary N) is 1. The van der Waals surface area contributed by atoms with Crippen LogP contribution in [0.2, 0.25) is 0 Å². The van der Waals surface area contributed by atoms with Crippen LogP contribution in [0.3, 0.4) is 0 Å². The number of aliphatic imine (C=N–C) groups is 1. The Bertz CT molecular complexity index is 434. The van der Waals surface area contributed by atoms with Crippen LogP contribution in [0.4, 0.5) is 5.13 Å². The average molecular weight is 425 g/mol. The predicted molar refractivity (Wildman–Crippen MR) is 99.0 cm³/mol. The van der Waals surface area contributed by atoms with Crippen LogP contribution in [-0.2, 0) is 11.2 Å². The molecule has 0 radical (unpaired) electrons. The monoisotopic (exact) mass is 425 g/mol. The third kappa shape index (κ3) is 6.35. The number of anilines is 1. The summed E-state index contributed by atoms with van der Waals surface area (Å²) in [5.41, 5.74) is 6.86. The molecule has 2 rings (SSSR count). The van der Waals surface area contributed by atoms with Crippen molar-refractivity contribution in [2.45, 2.75) is 19.3 Å². The van der Waals surface area contributed by atoms with E-state index >= 15 is 0 Å². The van der Waals surface area contributed by atoms with Gasteiger partial charge in [-0.2, -0.15) is 0 Å². The van der Waals surface area contributed by atoms with Gasteiger partial charge < -0.3 is 20.7 Å². The summed E-state index contributed by atoms with van der Waals surface area (Å²) in [6.07, 6.45) is 3.43. The van der Waals surface area contributed by atoms with E-state index in [0.717, 1.165) is 36.9 Å². The van der Waals surface area contributed by atoms with Crippen molar-refractivity contribution in [3.05, 3.63) is 11.1 Å². The molecule has 1 aromatic heterocycles. The topological polar surface area (TPSA) is 75.8 Å². The third-order valence-corrected chi connectivity index (χ3v) is 4.13. The van der Waals surface area contributed by atoms with Gasteiger partial charge in [0.1, 0.15) is 0 Å². The number of nitrogens with zero attached hydrogens (tertiary/aromatic N) is 3. The maximum absolute atomic E-state index is 5.74. The molecule has 1 fully saturated rings. The van der Waals surface area contributed by atoms with Gasteiger partial charge in [-0.15, -0.1) is 35.3 Å². The minimum atomic E-state index is 0. The van der Waals surface area contributed by atoms with Crippen molar-refractivity contribution < 1.29 is 4.74 Å². The number of nitrogens with one attached hydrogen (secondary N) is 1. The van der Waals surface area contributed by atoms with Crippen LogP contribution in [0, 0.1) is 0 Å². The number of thiazole rings is 1. The molecule has 1 aliphatic rings. The Morgan fingerprint density at radius 2 is 2.29 bits per heavy atom. The van der Waals surface area contributed by atoms with Gasteiger partial charge in [-0.3, -0.25) is 4.99 Å². The molecule has 0 amide bonds. The first-order valence-corrected chi connectivity index (χ1v) is 7.89. The summed E-state index contributed by atoms with van der Waals surface area (Å²) < 4.78 is 4.91. The molecule has 2 heterocycles. The van der Waals surface area contributed by atoms with Crippen molar-refractivity contribution in [2.24, 2.45) is 10.7 Å². The summed E-state index contributed by atoms with van der Waals surface area (Å²) in [5, 5.41) is 6.38. The molecule has 1 saturated heterocycles. The highest BCUT2D eigenvalue weighted by Crippen LogP contribution is 2.24. The van der Waals surface area contributed by atoms with E-state index in [-0.39, 0.29) is 24.0 Å². The van der Waals surface area contributed by atoms with Gasteiger partial charge in [0.25, 0.3) is 0 Å². The Kier molecular flexibility index (Phi) is 8.93. The lowest BCUT2D eigenvalue weighted by molar-refractivity contribution is 0.208. The van der Waals surface area contributed by atoms with Gasteiger partial charge in [-0.1, -0.05) is 0 Å². The smallest absolute Gasteiger partial charge is 0.188 e. The van der Waals surface area contributed by atoms with Crippen molar-refractivity contribution in [1.29, 1.82) is 0 Å². The van der Waals surface area contributed by atoms with Crippen molar-refractivity contribution >= 4 is 46.4 Å². The number of hydrogen-bond acceptors (Lipinski definition) is 5. The summed E-state index contributed by atoms with van der Waals surface area (Å²) in [6.45, 7) is 4.22. The number of hydrogen-bond donors (Lipinski definition) is 2. The maximum atomic E-state index is 5.74. The quantitative estimate of drug-likeness (QED) is 0.300. The highest BCUT2D eigenvalue weighted by Gasteiger charge is 2.15. The second kappa shape index (κ2) is 10.2. The van der Waals surface area contributed by atoms with E-state index in [4.69, 9.17) is 10.5 Å². The zero-order valence-electron chi connectivity index (χ0n) is 12.4. The fourth-order valence-corrected chi connectivity index (χ4v) is 3.01. The minimum absolute atomic E-state index is 0. The van der Waals surface area contributed by atoms with E-state index in [1.165, 1.54) is 12.8 Å². The summed E-state index contributed by atoms with van der Waals surface area (Å²) in [6, 6.07) is 0. The molecule has 0 bridgehead atoms. The molecular formula is C13H24IN5OS. The van der Waals surface area contributed by atoms with Crippen LogP contribution >= 0.6 is 35.3 Å². The van der Waals surface area contributed by atoms with Gasteiger partial charge in [0.15, 0.2) is 11.1 Å². The van der Waals surface area contributed by atoms with E-state index in [1.807, 2.05) is 0 Å². The summed E-state index contributed by atoms with van der Waals surface area (Å²) in [5.74, 6) is 0.469. The highest BCUT2D eigenvalue weighted by atomic mass is 127. The van der Waals surface area contributed by atoms with Crippen LogP contribution < -0.4 is 16.0 Å². The fraction of sp³-hybridized carbons (Fsp3) is 0.692. The van der Waals surface area contributed by atoms with Gasteiger partial charge in [0, 0.05) is 38.5 Å². The molecule has 0 saturated carbocycles. The number of rotatable bonds is 7. The lowest BCUT2D eigenvalue weighted by Crippen LogP contribution is -2.33. The lowest BCUT2D eigenvalue weighted by atomic mass is 10.3. The molecule has 0 aliphatic carbocycles. The fourth-order valence-electron chi connectivity index (χ4n) is 2.10. The third-order valence-electron chi connectivity index (χ3n) is 3.18. The van der Waals surface area contributed by atoms with Gasteiger partial charge in [0.2, 0.25) is 0 Å². The zero-order valence-corrected chi connectivity index (χ0v) is 15.5. The molecule has 120 valence electrons. The van der Waals surface area contributed by atoms with Crippen LogP contribution in [0.1, 0.15) is 18.5 Å². The minimum Gasteiger partial charge on any atom is -0.383 e. The van der Waals surface area contributed by atoms with Crippen LogP contribution in [0.5, 0.6) is 0 Å². The molecule has 1 aliphatic heterocycles. The second-order valence-corrected chi connectivity index (χ2v) is 5.59. The van der Waals surface area contributed by atoms with Crippen molar-refractivity contribution in [2.75, 3.05) is 44.8 Å². The van der Waals surface area contributed by atoms with Crippen molar-refractivity contribution in [3.63, 3.8) is 0 Å². The molecule has 1 aromatic rings. The number of methoxy groups -OCH3 is 1. The van der Waals surface area contributed by atoms with E-state index < -0.39 is 0 Å². The van der Waals surface area contributed by atoms with Gasteiger partial charge in [-0.25, -0.2) is 4.98 Å². The second-order valence-electron chi connectivity index (χ2n) is 4.75. The summed E-state index contributed by atoms with van der Waals surface area (Å²) in [7, 11) is 1.65. The first kappa shape index (κ1) is 18.4. The first-order valence-electron chi connectivity index (χ1n) is 7.01. The molecule has 21 heavy (non-hydrogen) atoms. The Morgan fingerprint density at radius 1 is 1.52 bits per heavy atom. The van der Waals surface area contributed by atoms with Crippen molar-refractivity contribution in [1.82, 2.24) is 10.3 Å². The normalized spacial score (nSPS) is 15.1. The number of aromatic nitrogens is 1. The average Bonchev–Trinajstić information content (AvgIpc) is 3.09. The molecule has 0 spiro atoms. The molecule has 0 aromatic carbocycles. The first-order chi connectivity index (χ1) is 9.79. The largest absolute Gasteiger partial charge is 0.383 e. The Labute approximate surface area is 147 Å². The maximum Gasteiger partial charge on any atom is 0.188 e. The summed E-state index contributed by atoms with van der Waals surface area (Å²) >= 11 is 1.73. The van der Waals surface area contributed by atoms with Crippen LogP contribution in [0.15, 0.2) is 10.4 Å². The van der Waals surface area contributed by atoms with Crippen LogP contribution in [-0.4, -0.2) is 50.8 Å². The Hall–Kier alpha value is -0.610. The van der Waals surface area contributed by atoms with Crippen molar-refractivity contribution in [3.8, 4) is 0 Å². The number of ether oxygens (including phenoxy) is 1. The molecular weight excluding hydrogens is 401 g/mol. The number of halogens is 1. The van der Waals surface area contributed by atoms with Gasteiger partial charge in [-0.05, 0) is 12.8 Å². The molecule has 3 N–H and O–H groups in total. The Morgan fingerprint density at radius 3 is 3.00 bits per heavy atom. The standard InChI is InChI=1S/C13H23N5OS.HI/c1-19-9-6-16-12(14)15-5-4-11-10-20-13(17-11)18-7-2-3-8-18;/h10H,2-9H2,1H3,(H3,14,15,16);1H. The summed E-state index contributed by atoms with van der Waals surface area (Å²) in [4.78, 5) is 11.2. The number of guanidine groups is 1. The molecule has 8 heteroatoms. The molecule has 6 nitrogen and oxygen atoms in total. The van der Waals surface area contributed by atoms with Gasteiger partial charge in [0.05, 0.1) is 18.8 Å².